The van der Waals surface area contributed by atoms with E-state index >= 15 is 0 Å². The van der Waals surface area contributed by atoms with Crippen molar-refractivity contribution >= 4 is 22.6 Å². The van der Waals surface area contributed by atoms with Gasteiger partial charge in [-0.15, -0.1) is 6.58 Å². The lowest BCUT2D eigenvalue weighted by molar-refractivity contribution is 0.225. The minimum absolute atomic E-state index is 0.287. The summed E-state index contributed by atoms with van der Waals surface area (Å²) in [5, 5.41) is 8.89. The molecule has 0 rings (SSSR count). The van der Waals surface area contributed by atoms with E-state index in [1.807, 2.05) is 6.08 Å². The Morgan fingerprint density at radius 3 is 2.36 bits per heavy atom. The van der Waals surface area contributed by atoms with Crippen LogP contribution in [0.1, 0.15) is 20.3 Å². The molecule has 0 bridgehead atoms. The fraction of sp³-hybridized carbons (Fsp3) is 0.778. The Bertz CT molecular complexity index is 114. The van der Waals surface area contributed by atoms with E-state index in [0.29, 0.717) is 15.8 Å². The molecule has 0 saturated carbocycles. The predicted octanol–water partition coefficient (Wildman–Crippen LogP) is 2.63. The van der Waals surface area contributed by atoms with Crippen LogP contribution in [0.2, 0.25) is 0 Å². The Balaban J connectivity index is 3.79. The van der Waals surface area contributed by atoms with Crippen LogP contribution in [0, 0.1) is 11.8 Å². The molecule has 0 aromatic heterocycles. The van der Waals surface area contributed by atoms with E-state index in [0.717, 1.165) is 6.42 Å². The lowest BCUT2D eigenvalue weighted by Crippen LogP contribution is -2.21. The maximum atomic E-state index is 8.89. The van der Waals surface area contributed by atoms with Gasteiger partial charge in [0, 0.05) is 10.5 Å². The highest BCUT2D eigenvalue weighted by Crippen LogP contribution is 2.24. The molecule has 2 heteroatoms. The van der Waals surface area contributed by atoms with Gasteiger partial charge in [0.2, 0.25) is 0 Å². The Morgan fingerprint density at radius 2 is 2.00 bits per heavy atom. The van der Waals surface area contributed by atoms with E-state index in [1.165, 1.54) is 0 Å². The smallest absolute Gasteiger partial charge is 0.0466 e. The topological polar surface area (TPSA) is 20.2 Å². The average Bonchev–Trinajstić information content (AvgIpc) is 2.02. The number of aliphatic hydroxyl groups excluding tert-OH is 1. The standard InChI is InChI=1S/C9H17IO/c1-4-5-7(2)9(10)8(3)6-11/h4,7-9,11H,1,5-6H2,2-3H3. The molecule has 1 nitrogen and oxygen atoms in total. The van der Waals surface area contributed by atoms with Gasteiger partial charge in [0.1, 0.15) is 0 Å². The van der Waals surface area contributed by atoms with Gasteiger partial charge in [-0.05, 0) is 18.3 Å². The zero-order chi connectivity index (χ0) is 8.85. The van der Waals surface area contributed by atoms with Crippen LogP contribution in [0.4, 0.5) is 0 Å². The summed E-state index contributed by atoms with van der Waals surface area (Å²) in [6.07, 6.45) is 2.98. The quantitative estimate of drug-likeness (QED) is 0.461. The maximum absolute atomic E-state index is 8.89. The summed E-state index contributed by atoms with van der Waals surface area (Å²) in [5.74, 6) is 1.01. The van der Waals surface area contributed by atoms with Crippen LogP contribution in [0.25, 0.3) is 0 Å². The Morgan fingerprint density at radius 1 is 1.45 bits per heavy atom. The average molecular weight is 268 g/mol. The zero-order valence-electron chi connectivity index (χ0n) is 7.26. The van der Waals surface area contributed by atoms with E-state index in [1.54, 1.807) is 0 Å². The van der Waals surface area contributed by atoms with E-state index in [4.69, 9.17) is 5.11 Å². The number of alkyl halides is 1. The first-order valence-corrected chi connectivity index (χ1v) is 5.23. The van der Waals surface area contributed by atoms with E-state index in [2.05, 4.69) is 43.0 Å². The molecule has 0 aromatic carbocycles. The predicted molar refractivity (Wildman–Crippen MR) is 58.0 cm³/mol. The molecular weight excluding hydrogens is 251 g/mol. The zero-order valence-corrected chi connectivity index (χ0v) is 9.41. The van der Waals surface area contributed by atoms with Gasteiger partial charge in [-0.2, -0.15) is 0 Å². The monoisotopic (exact) mass is 268 g/mol. The largest absolute Gasteiger partial charge is 0.396 e. The minimum atomic E-state index is 0.287. The molecule has 3 atom stereocenters. The SMILES string of the molecule is C=CCC(C)C(I)C(C)CO. The fourth-order valence-corrected chi connectivity index (χ4v) is 1.58. The molecule has 0 spiro atoms. The van der Waals surface area contributed by atoms with E-state index < -0.39 is 0 Å². The van der Waals surface area contributed by atoms with Gasteiger partial charge in [0.25, 0.3) is 0 Å². The minimum Gasteiger partial charge on any atom is -0.396 e. The van der Waals surface area contributed by atoms with Crippen molar-refractivity contribution in [3.05, 3.63) is 12.7 Å². The van der Waals surface area contributed by atoms with E-state index in [9.17, 15) is 0 Å². The van der Waals surface area contributed by atoms with Gasteiger partial charge in [-0.25, -0.2) is 0 Å². The molecule has 0 amide bonds. The van der Waals surface area contributed by atoms with Gasteiger partial charge in [-0.1, -0.05) is 42.5 Å². The van der Waals surface area contributed by atoms with E-state index in [-0.39, 0.29) is 6.61 Å². The maximum Gasteiger partial charge on any atom is 0.0466 e. The summed E-state index contributed by atoms with van der Waals surface area (Å²) in [5.41, 5.74) is 0. The number of rotatable bonds is 5. The molecule has 3 unspecified atom stereocenters. The molecule has 0 aromatic rings. The molecule has 66 valence electrons. The molecular formula is C9H17IO. The molecule has 0 aliphatic heterocycles. The van der Waals surface area contributed by atoms with Crippen LogP contribution in [0.15, 0.2) is 12.7 Å². The summed E-state index contributed by atoms with van der Waals surface area (Å²) in [6, 6.07) is 0. The van der Waals surface area contributed by atoms with Crippen molar-refractivity contribution in [2.75, 3.05) is 6.61 Å². The highest BCUT2D eigenvalue weighted by molar-refractivity contribution is 14.1. The lowest BCUT2D eigenvalue weighted by atomic mass is 9.95. The van der Waals surface area contributed by atoms with Crippen molar-refractivity contribution in [3.63, 3.8) is 0 Å². The van der Waals surface area contributed by atoms with Crippen LogP contribution in [0.3, 0.4) is 0 Å². The first kappa shape index (κ1) is 11.4. The second-order valence-corrected chi connectivity index (χ2v) is 4.54. The van der Waals surface area contributed by atoms with Crippen LogP contribution < -0.4 is 0 Å². The van der Waals surface area contributed by atoms with Crippen LogP contribution in [-0.2, 0) is 0 Å². The van der Waals surface area contributed by atoms with Gasteiger partial charge < -0.3 is 5.11 Å². The number of aliphatic hydroxyl groups is 1. The third-order valence-electron chi connectivity index (χ3n) is 1.91. The second kappa shape index (κ2) is 6.00. The number of hydrogen-bond acceptors (Lipinski definition) is 1. The third kappa shape index (κ3) is 4.11. The fourth-order valence-electron chi connectivity index (χ4n) is 1.05. The summed E-state index contributed by atoms with van der Waals surface area (Å²) in [6.45, 7) is 8.27. The Labute approximate surface area is 83.0 Å². The van der Waals surface area contributed by atoms with Gasteiger partial charge in [-0.3, -0.25) is 0 Å². The summed E-state index contributed by atoms with van der Waals surface area (Å²) in [7, 11) is 0. The normalized spacial score (nSPS) is 18.9. The summed E-state index contributed by atoms with van der Waals surface area (Å²) < 4.78 is 0.551. The van der Waals surface area contributed by atoms with Crippen LogP contribution in [0.5, 0.6) is 0 Å². The van der Waals surface area contributed by atoms with Gasteiger partial charge in [0.05, 0.1) is 0 Å². The molecule has 0 saturated heterocycles. The van der Waals surface area contributed by atoms with Crippen molar-refractivity contribution in [1.29, 1.82) is 0 Å². The first-order chi connectivity index (χ1) is 5.13. The third-order valence-corrected chi connectivity index (χ3v) is 4.37. The molecule has 0 aliphatic rings. The highest BCUT2D eigenvalue weighted by atomic mass is 127. The van der Waals surface area contributed by atoms with Crippen molar-refractivity contribution in [3.8, 4) is 0 Å². The summed E-state index contributed by atoms with van der Waals surface area (Å²) >= 11 is 2.41. The first-order valence-electron chi connectivity index (χ1n) is 3.99. The Kier molecular flexibility index (Phi) is 6.24. The van der Waals surface area contributed by atoms with Gasteiger partial charge in [0.15, 0.2) is 0 Å². The van der Waals surface area contributed by atoms with Gasteiger partial charge >= 0.3 is 0 Å². The molecule has 0 heterocycles. The van der Waals surface area contributed by atoms with Crippen molar-refractivity contribution in [2.24, 2.45) is 11.8 Å². The van der Waals surface area contributed by atoms with Crippen LogP contribution in [-0.4, -0.2) is 15.6 Å². The summed E-state index contributed by atoms with van der Waals surface area (Å²) in [4.78, 5) is 0. The van der Waals surface area contributed by atoms with Crippen LogP contribution >= 0.6 is 22.6 Å². The highest BCUT2D eigenvalue weighted by Gasteiger charge is 2.18. The molecule has 0 aliphatic carbocycles. The molecule has 0 fully saturated rings. The number of halogens is 1. The van der Waals surface area contributed by atoms with Crippen molar-refractivity contribution < 1.29 is 5.11 Å². The van der Waals surface area contributed by atoms with Crippen molar-refractivity contribution in [1.82, 2.24) is 0 Å². The number of hydrogen-bond donors (Lipinski definition) is 1. The van der Waals surface area contributed by atoms with Crippen molar-refractivity contribution in [2.45, 2.75) is 24.2 Å². The lowest BCUT2D eigenvalue weighted by Gasteiger charge is -2.21. The second-order valence-electron chi connectivity index (χ2n) is 3.11. The molecule has 11 heavy (non-hydrogen) atoms. The molecule has 1 N–H and O–H groups in total. The Hall–Kier alpha value is 0.430. The molecule has 0 radical (unpaired) electrons. The number of allylic oxidation sites excluding steroid dienone is 1.